The third-order valence-electron chi connectivity index (χ3n) is 4.62. The van der Waals surface area contributed by atoms with E-state index < -0.39 is 0 Å². The van der Waals surface area contributed by atoms with Crippen LogP contribution in [0.2, 0.25) is 0 Å². The number of amides is 2. The molecule has 4 heteroatoms. The van der Waals surface area contributed by atoms with E-state index in [-0.39, 0.29) is 23.9 Å². The van der Waals surface area contributed by atoms with Crippen molar-refractivity contribution in [1.82, 2.24) is 9.80 Å². The molecule has 0 aromatic rings. The summed E-state index contributed by atoms with van der Waals surface area (Å²) in [5.74, 6) is 0.992. The first-order valence-corrected chi connectivity index (χ1v) is 6.77. The maximum absolute atomic E-state index is 12.4. The Kier molecular flexibility index (Phi) is 2.42. The van der Waals surface area contributed by atoms with Gasteiger partial charge in [0.05, 0.1) is 0 Å². The van der Waals surface area contributed by atoms with Crippen LogP contribution >= 0.6 is 0 Å². The summed E-state index contributed by atoms with van der Waals surface area (Å²) in [5.41, 5.74) is 0. The molecule has 3 fully saturated rings. The van der Waals surface area contributed by atoms with Crippen molar-refractivity contribution >= 4 is 11.8 Å². The van der Waals surface area contributed by atoms with Crippen LogP contribution in [0.1, 0.15) is 39.5 Å². The zero-order valence-electron chi connectivity index (χ0n) is 10.6. The standard InChI is InChI=1S/C13H20N2O2/c1-3-9-7-11(9)15-8(2)12(16)14-6-4-5-10(14)13(15)17/h8-11H,3-7H2,1-2H3. The van der Waals surface area contributed by atoms with Crippen LogP contribution in [0.4, 0.5) is 0 Å². The van der Waals surface area contributed by atoms with Gasteiger partial charge in [-0.3, -0.25) is 9.59 Å². The lowest BCUT2D eigenvalue weighted by atomic mass is 10.1. The van der Waals surface area contributed by atoms with E-state index in [1.165, 1.54) is 0 Å². The van der Waals surface area contributed by atoms with Gasteiger partial charge in [0.1, 0.15) is 12.1 Å². The molecule has 4 unspecified atom stereocenters. The number of hydrogen-bond acceptors (Lipinski definition) is 2. The summed E-state index contributed by atoms with van der Waals surface area (Å²) >= 11 is 0. The van der Waals surface area contributed by atoms with E-state index in [2.05, 4.69) is 6.92 Å². The summed E-state index contributed by atoms with van der Waals surface area (Å²) in [6.45, 7) is 4.82. The molecule has 0 bridgehead atoms. The van der Waals surface area contributed by atoms with Gasteiger partial charge < -0.3 is 9.80 Å². The number of piperazine rings is 1. The van der Waals surface area contributed by atoms with Crippen LogP contribution < -0.4 is 0 Å². The number of carbonyl (C=O) groups excluding carboxylic acids is 2. The lowest BCUT2D eigenvalue weighted by molar-refractivity contribution is -0.159. The summed E-state index contributed by atoms with van der Waals surface area (Å²) in [6.07, 6.45) is 4.04. The predicted octanol–water partition coefficient (Wildman–Crippen LogP) is 1.01. The Morgan fingerprint density at radius 1 is 1.29 bits per heavy atom. The van der Waals surface area contributed by atoms with E-state index in [0.29, 0.717) is 12.0 Å². The first kappa shape index (κ1) is 11.1. The zero-order valence-corrected chi connectivity index (χ0v) is 10.6. The van der Waals surface area contributed by atoms with E-state index in [0.717, 1.165) is 32.2 Å². The highest BCUT2D eigenvalue weighted by Crippen LogP contribution is 2.42. The fraction of sp³-hybridized carbons (Fsp3) is 0.846. The van der Waals surface area contributed by atoms with Gasteiger partial charge in [0.2, 0.25) is 11.8 Å². The van der Waals surface area contributed by atoms with Gasteiger partial charge in [-0.15, -0.1) is 0 Å². The van der Waals surface area contributed by atoms with Gasteiger partial charge in [-0.2, -0.15) is 0 Å². The van der Waals surface area contributed by atoms with Gasteiger partial charge in [-0.05, 0) is 32.1 Å². The molecular formula is C13H20N2O2. The minimum atomic E-state index is -0.238. The van der Waals surface area contributed by atoms with Crippen LogP contribution in [0.3, 0.4) is 0 Å². The maximum atomic E-state index is 12.4. The van der Waals surface area contributed by atoms with Crippen LogP contribution in [0.25, 0.3) is 0 Å². The number of rotatable bonds is 2. The molecule has 1 aliphatic carbocycles. The Labute approximate surface area is 102 Å². The summed E-state index contributed by atoms with van der Waals surface area (Å²) in [7, 11) is 0. The van der Waals surface area contributed by atoms with E-state index in [1.807, 2.05) is 11.8 Å². The molecule has 3 aliphatic rings. The van der Waals surface area contributed by atoms with Gasteiger partial charge in [0.15, 0.2) is 0 Å². The molecule has 4 nitrogen and oxygen atoms in total. The first-order valence-electron chi connectivity index (χ1n) is 6.77. The van der Waals surface area contributed by atoms with Crippen LogP contribution in [-0.2, 0) is 9.59 Å². The Morgan fingerprint density at radius 3 is 2.71 bits per heavy atom. The van der Waals surface area contributed by atoms with Crippen molar-refractivity contribution in [2.45, 2.75) is 57.7 Å². The first-order chi connectivity index (χ1) is 8.15. The smallest absolute Gasteiger partial charge is 0.246 e. The van der Waals surface area contributed by atoms with Gasteiger partial charge in [-0.1, -0.05) is 13.3 Å². The lowest BCUT2D eigenvalue weighted by Gasteiger charge is -2.41. The Hall–Kier alpha value is -1.06. The quantitative estimate of drug-likeness (QED) is 0.718. The molecule has 4 atom stereocenters. The Bertz CT molecular complexity index is 368. The van der Waals surface area contributed by atoms with Crippen molar-refractivity contribution in [2.75, 3.05) is 6.54 Å². The third kappa shape index (κ3) is 1.49. The van der Waals surface area contributed by atoms with E-state index in [4.69, 9.17) is 0 Å². The molecule has 2 aliphatic heterocycles. The number of fused-ring (bicyclic) bond motifs is 1. The molecule has 17 heavy (non-hydrogen) atoms. The average molecular weight is 236 g/mol. The van der Waals surface area contributed by atoms with Gasteiger partial charge in [0, 0.05) is 12.6 Å². The monoisotopic (exact) mass is 236 g/mol. The molecule has 0 aromatic heterocycles. The van der Waals surface area contributed by atoms with E-state index >= 15 is 0 Å². The fourth-order valence-corrected chi connectivity index (χ4v) is 3.47. The summed E-state index contributed by atoms with van der Waals surface area (Å²) < 4.78 is 0. The SMILES string of the molecule is CCC1CC1N1C(=O)C2CCCN2C(=O)C1C. The van der Waals surface area contributed by atoms with Gasteiger partial charge in [0.25, 0.3) is 0 Å². The molecular weight excluding hydrogens is 216 g/mol. The zero-order chi connectivity index (χ0) is 12.2. The topological polar surface area (TPSA) is 40.6 Å². The molecule has 0 N–H and O–H groups in total. The molecule has 0 radical (unpaired) electrons. The van der Waals surface area contributed by atoms with E-state index in [1.54, 1.807) is 4.90 Å². The maximum Gasteiger partial charge on any atom is 0.246 e. The third-order valence-corrected chi connectivity index (χ3v) is 4.62. The number of hydrogen-bond donors (Lipinski definition) is 0. The molecule has 2 amide bonds. The molecule has 0 spiro atoms. The number of nitrogens with zero attached hydrogens (tertiary/aromatic N) is 2. The molecule has 2 saturated heterocycles. The second kappa shape index (κ2) is 3.72. The van der Waals surface area contributed by atoms with Crippen LogP contribution in [0.15, 0.2) is 0 Å². The lowest BCUT2D eigenvalue weighted by Crippen LogP contribution is -2.62. The van der Waals surface area contributed by atoms with Gasteiger partial charge in [-0.25, -0.2) is 0 Å². The largest absolute Gasteiger partial charge is 0.329 e. The van der Waals surface area contributed by atoms with E-state index in [9.17, 15) is 9.59 Å². The second-order valence-electron chi connectivity index (χ2n) is 5.58. The minimum absolute atomic E-state index is 0.142. The average Bonchev–Trinajstić information content (AvgIpc) is 2.91. The normalized spacial score (nSPS) is 40.8. The van der Waals surface area contributed by atoms with Crippen LogP contribution in [-0.4, -0.2) is 46.3 Å². The molecule has 2 heterocycles. The molecule has 1 saturated carbocycles. The fourth-order valence-electron chi connectivity index (χ4n) is 3.47. The van der Waals surface area contributed by atoms with Crippen molar-refractivity contribution in [3.8, 4) is 0 Å². The minimum Gasteiger partial charge on any atom is -0.329 e. The highest BCUT2D eigenvalue weighted by atomic mass is 16.2. The van der Waals surface area contributed by atoms with Crippen molar-refractivity contribution in [1.29, 1.82) is 0 Å². The molecule has 94 valence electrons. The van der Waals surface area contributed by atoms with Crippen molar-refractivity contribution in [2.24, 2.45) is 5.92 Å². The Morgan fingerprint density at radius 2 is 2.06 bits per heavy atom. The second-order valence-corrected chi connectivity index (χ2v) is 5.58. The molecule has 0 aromatic carbocycles. The van der Waals surface area contributed by atoms with Crippen molar-refractivity contribution in [3.63, 3.8) is 0 Å². The van der Waals surface area contributed by atoms with Crippen molar-refractivity contribution in [3.05, 3.63) is 0 Å². The summed E-state index contributed by atoms with van der Waals surface area (Å²) in [5, 5.41) is 0. The highest BCUT2D eigenvalue weighted by molar-refractivity contribution is 5.97. The van der Waals surface area contributed by atoms with Crippen LogP contribution in [0, 0.1) is 5.92 Å². The van der Waals surface area contributed by atoms with Crippen LogP contribution in [0.5, 0.6) is 0 Å². The summed E-state index contributed by atoms with van der Waals surface area (Å²) in [4.78, 5) is 28.4. The summed E-state index contributed by atoms with van der Waals surface area (Å²) in [6, 6.07) is -0.0376. The Balaban J connectivity index is 1.84. The highest BCUT2D eigenvalue weighted by Gasteiger charge is 2.53. The number of carbonyl (C=O) groups is 2. The molecule has 3 rings (SSSR count). The van der Waals surface area contributed by atoms with Gasteiger partial charge >= 0.3 is 0 Å². The predicted molar refractivity (Wildman–Crippen MR) is 63.2 cm³/mol. The van der Waals surface area contributed by atoms with Crippen molar-refractivity contribution < 1.29 is 9.59 Å².